The molecule has 0 amide bonds. The van der Waals surface area contributed by atoms with Gasteiger partial charge in [-0.2, -0.15) is 4.37 Å². The minimum atomic E-state index is -0.656. The average Bonchev–Trinajstić information content (AvgIpc) is 2.66. The maximum Gasteiger partial charge on any atom is 0.169 e. The van der Waals surface area contributed by atoms with Crippen LogP contribution >= 0.6 is 11.5 Å². The molecule has 76 valence electrons. The Morgan fingerprint density at radius 3 is 2.67 bits per heavy atom. The molecule has 0 atom stereocenters. The fourth-order valence-electron chi connectivity index (χ4n) is 1.16. The van der Waals surface area contributed by atoms with Crippen molar-refractivity contribution in [2.45, 2.75) is 0 Å². The molecule has 1 heterocycles. The Balaban J connectivity index is 2.49. The van der Waals surface area contributed by atoms with Gasteiger partial charge in [0.2, 0.25) is 0 Å². The quantitative estimate of drug-likeness (QED) is 0.735. The normalized spacial score (nSPS) is 10.3. The molecule has 0 N–H and O–H groups in total. The number of aldehydes is 1. The Morgan fingerprint density at radius 1 is 1.27 bits per heavy atom. The van der Waals surface area contributed by atoms with Crippen molar-refractivity contribution in [3.05, 3.63) is 41.6 Å². The molecule has 0 fully saturated rings. The number of carbonyl (C=O) groups is 1. The van der Waals surface area contributed by atoms with Gasteiger partial charge in [0, 0.05) is 11.6 Å². The number of carbonyl (C=O) groups excluding carboxylic acids is 1. The zero-order chi connectivity index (χ0) is 10.8. The monoisotopic (exact) mass is 225 g/mol. The van der Waals surface area contributed by atoms with Gasteiger partial charge in [-0.25, -0.2) is 8.78 Å². The second-order valence-electron chi connectivity index (χ2n) is 2.86. The van der Waals surface area contributed by atoms with Crippen LogP contribution in [0.2, 0.25) is 0 Å². The minimum Gasteiger partial charge on any atom is -0.296 e. The smallest absolute Gasteiger partial charge is 0.169 e. The minimum absolute atomic E-state index is 0.249. The predicted molar refractivity (Wildman–Crippen MR) is 52.9 cm³/mol. The summed E-state index contributed by atoms with van der Waals surface area (Å²) in [7, 11) is 0. The Bertz CT molecular complexity index is 510. The van der Waals surface area contributed by atoms with Gasteiger partial charge in [0.15, 0.2) is 6.29 Å². The van der Waals surface area contributed by atoms with E-state index in [0.717, 1.165) is 17.6 Å². The van der Waals surface area contributed by atoms with Crippen molar-refractivity contribution in [3.8, 4) is 10.4 Å². The van der Waals surface area contributed by atoms with Crippen molar-refractivity contribution in [2.75, 3.05) is 0 Å². The van der Waals surface area contributed by atoms with Gasteiger partial charge in [0.1, 0.15) is 17.3 Å². The highest BCUT2D eigenvalue weighted by atomic mass is 32.1. The predicted octanol–water partition coefficient (Wildman–Crippen LogP) is 2.90. The van der Waals surface area contributed by atoms with Crippen molar-refractivity contribution < 1.29 is 13.6 Å². The maximum absolute atomic E-state index is 13.3. The molecule has 0 bridgehead atoms. The summed E-state index contributed by atoms with van der Waals surface area (Å²) in [6, 6.07) is 4.76. The number of hydrogen-bond acceptors (Lipinski definition) is 3. The van der Waals surface area contributed by atoms with Gasteiger partial charge in [0.25, 0.3) is 0 Å². The van der Waals surface area contributed by atoms with E-state index >= 15 is 0 Å². The zero-order valence-corrected chi connectivity index (χ0v) is 8.22. The Hall–Kier alpha value is -1.62. The maximum atomic E-state index is 13.3. The first kappa shape index (κ1) is 9.92. The van der Waals surface area contributed by atoms with Crippen molar-refractivity contribution in [3.63, 3.8) is 0 Å². The van der Waals surface area contributed by atoms with Gasteiger partial charge in [-0.3, -0.25) is 4.79 Å². The number of aromatic nitrogens is 1. The van der Waals surface area contributed by atoms with Crippen LogP contribution in [0.15, 0.2) is 24.3 Å². The van der Waals surface area contributed by atoms with Crippen LogP contribution in [0.1, 0.15) is 10.5 Å². The van der Waals surface area contributed by atoms with E-state index in [0.29, 0.717) is 11.2 Å². The second-order valence-corrected chi connectivity index (χ2v) is 3.66. The fourth-order valence-corrected chi connectivity index (χ4v) is 1.90. The third kappa shape index (κ3) is 1.92. The van der Waals surface area contributed by atoms with E-state index < -0.39 is 11.6 Å². The molecule has 2 aromatic rings. The molecule has 5 heteroatoms. The SMILES string of the molecule is O=Cc1cc(-c2ccc(F)cc2F)sn1. The van der Waals surface area contributed by atoms with Crippen LogP contribution in [0, 0.1) is 11.6 Å². The molecule has 0 spiro atoms. The number of benzene rings is 1. The van der Waals surface area contributed by atoms with Crippen LogP contribution in [0.25, 0.3) is 10.4 Å². The van der Waals surface area contributed by atoms with E-state index in [1.54, 1.807) is 0 Å². The van der Waals surface area contributed by atoms with Crippen molar-refractivity contribution in [2.24, 2.45) is 0 Å². The third-order valence-electron chi connectivity index (χ3n) is 1.85. The van der Waals surface area contributed by atoms with Gasteiger partial charge in [-0.1, -0.05) is 0 Å². The first-order valence-corrected chi connectivity index (χ1v) is 4.85. The molecule has 15 heavy (non-hydrogen) atoms. The van der Waals surface area contributed by atoms with Gasteiger partial charge >= 0.3 is 0 Å². The number of halogens is 2. The summed E-state index contributed by atoms with van der Waals surface area (Å²) >= 11 is 1.00. The summed E-state index contributed by atoms with van der Waals surface area (Å²) in [5.74, 6) is -1.28. The summed E-state index contributed by atoms with van der Waals surface area (Å²) in [5, 5.41) is 0. The summed E-state index contributed by atoms with van der Waals surface area (Å²) in [6.07, 6.45) is 0.585. The molecule has 0 aliphatic carbocycles. The van der Waals surface area contributed by atoms with Crippen LogP contribution in [0.4, 0.5) is 8.78 Å². The molecule has 0 aliphatic rings. The Kier molecular flexibility index (Phi) is 2.55. The summed E-state index contributed by atoms with van der Waals surface area (Å²) in [6.45, 7) is 0. The van der Waals surface area contributed by atoms with Gasteiger partial charge in [0.05, 0.1) is 4.88 Å². The van der Waals surface area contributed by atoms with Crippen molar-refractivity contribution in [1.82, 2.24) is 4.37 Å². The largest absolute Gasteiger partial charge is 0.296 e. The van der Waals surface area contributed by atoms with E-state index in [4.69, 9.17) is 0 Å². The molecule has 1 aromatic heterocycles. The lowest BCUT2D eigenvalue weighted by Crippen LogP contribution is -1.83. The molecule has 0 radical (unpaired) electrons. The van der Waals surface area contributed by atoms with Gasteiger partial charge in [-0.05, 0) is 29.7 Å². The highest BCUT2D eigenvalue weighted by Gasteiger charge is 2.09. The first-order valence-electron chi connectivity index (χ1n) is 4.08. The van der Waals surface area contributed by atoms with Crippen LogP contribution in [-0.2, 0) is 0 Å². The Morgan fingerprint density at radius 2 is 2.07 bits per heavy atom. The van der Waals surface area contributed by atoms with E-state index in [1.165, 1.54) is 18.2 Å². The number of rotatable bonds is 2. The van der Waals surface area contributed by atoms with Gasteiger partial charge in [-0.15, -0.1) is 0 Å². The molecular formula is C10H5F2NOS. The summed E-state index contributed by atoms with van der Waals surface area (Å²) < 4.78 is 29.7. The standard InChI is InChI=1S/C10H5F2NOS/c11-6-1-2-8(9(12)3-6)10-4-7(5-14)13-15-10/h1-5H. The Labute approximate surface area is 88.3 Å². The lowest BCUT2D eigenvalue weighted by atomic mass is 10.1. The highest BCUT2D eigenvalue weighted by molar-refractivity contribution is 7.09. The van der Waals surface area contributed by atoms with E-state index in [1.807, 2.05) is 0 Å². The van der Waals surface area contributed by atoms with E-state index in [9.17, 15) is 13.6 Å². The first-order chi connectivity index (χ1) is 7.20. The lowest BCUT2D eigenvalue weighted by Gasteiger charge is -1.98. The zero-order valence-electron chi connectivity index (χ0n) is 7.41. The van der Waals surface area contributed by atoms with E-state index in [-0.39, 0.29) is 11.3 Å². The van der Waals surface area contributed by atoms with Crippen LogP contribution in [0.5, 0.6) is 0 Å². The molecule has 1 aromatic carbocycles. The van der Waals surface area contributed by atoms with Crippen LogP contribution < -0.4 is 0 Å². The average molecular weight is 225 g/mol. The summed E-state index contributed by atoms with van der Waals surface area (Å²) in [5.41, 5.74) is 0.501. The van der Waals surface area contributed by atoms with E-state index in [2.05, 4.69) is 4.37 Å². The fraction of sp³-hybridized carbons (Fsp3) is 0. The van der Waals surface area contributed by atoms with Crippen LogP contribution in [-0.4, -0.2) is 10.7 Å². The molecular weight excluding hydrogens is 220 g/mol. The van der Waals surface area contributed by atoms with Crippen molar-refractivity contribution in [1.29, 1.82) is 0 Å². The molecule has 0 unspecified atom stereocenters. The molecule has 2 rings (SSSR count). The highest BCUT2D eigenvalue weighted by Crippen LogP contribution is 2.27. The number of nitrogens with zero attached hydrogens (tertiary/aromatic N) is 1. The third-order valence-corrected chi connectivity index (χ3v) is 2.68. The molecule has 0 saturated carbocycles. The number of hydrogen-bond donors (Lipinski definition) is 0. The summed E-state index contributed by atoms with van der Waals surface area (Å²) in [4.78, 5) is 10.9. The second kappa shape index (κ2) is 3.86. The molecule has 0 aliphatic heterocycles. The lowest BCUT2D eigenvalue weighted by molar-refractivity contribution is 0.112. The van der Waals surface area contributed by atoms with Gasteiger partial charge < -0.3 is 0 Å². The molecule has 2 nitrogen and oxygen atoms in total. The van der Waals surface area contributed by atoms with Crippen molar-refractivity contribution >= 4 is 17.8 Å². The van der Waals surface area contributed by atoms with Crippen LogP contribution in [0.3, 0.4) is 0 Å². The topological polar surface area (TPSA) is 30.0 Å². The molecule has 0 saturated heterocycles.